The largest absolute Gasteiger partial charge is 0.293 e. The van der Waals surface area contributed by atoms with Crippen molar-refractivity contribution in [3.8, 4) is 0 Å². The summed E-state index contributed by atoms with van der Waals surface area (Å²) in [4.78, 5) is 11.9. The topological polar surface area (TPSA) is 17.1 Å². The summed E-state index contributed by atoms with van der Waals surface area (Å²) in [6.45, 7) is 2.07. The molecule has 0 unspecified atom stereocenters. The van der Waals surface area contributed by atoms with E-state index >= 15 is 0 Å². The predicted molar refractivity (Wildman–Crippen MR) is 78.1 cm³/mol. The second-order valence-electron chi connectivity index (χ2n) is 4.35. The van der Waals surface area contributed by atoms with E-state index in [1.165, 1.54) is 35.4 Å². The van der Waals surface area contributed by atoms with Crippen molar-refractivity contribution in [1.29, 1.82) is 0 Å². The van der Waals surface area contributed by atoms with Crippen LogP contribution in [-0.2, 0) is 5.75 Å². The van der Waals surface area contributed by atoms with Crippen LogP contribution in [0, 0.1) is 12.7 Å². The summed E-state index contributed by atoms with van der Waals surface area (Å²) in [7, 11) is 0. The second kappa shape index (κ2) is 6.53. The van der Waals surface area contributed by atoms with Gasteiger partial charge in [0.1, 0.15) is 5.82 Å². The zero-order valence-corrected chi connectivity index (χ0v) is 11.5. The summed E-state index contributed by atoms with van der Waals surface area (Å²) in [5.41, 5.74) is 3.06. The number of carbonyl (C=O) groups is 1. The molecular formula is C16H15FOS. The second-order valence-corrected chi connectivity index (χ2v) is 5.33. The van der Waals surface area contributed by atoms with Crippen LogP contribution in [0.3, 0.4) is 0 Å². The molecule has 0 saturated carbocycles. The summed E-state index contributed by atoms with van der Waals surface area (Å²) in [5, 5.41) is 0. The molecule has 0 heterocycles. The third-order valence-electron chi connectivity index (χ3n) is 2.92. The summed E-state index contributed by atoms with van der Waals surface area (Å²) in [6.07, 6.45) is 0. The molecule has 0 atom stereocenters. The lowest BCUT2D eigenvalue weighted by atomic mass is 10.1. The molecule has 0 aliphatic carbocycles. The zero-order chi connectivity index (χ0) is 13.7. The molecule has 0 bridgehead atoms. The van der Waals surface area contributed by atoms with Gasteiger partial charge in [0.05, 0.1) is 5.75 Å². The maximum atomic E-state index is 12.8. The highest BCUT2D eigenvalue weighted by molar-refractivity contribution is 7.99. The number of halogens is 1. The van der Waals surface area contributed by atoms with Crippen molar-refractivity contribution in [3.05, 3.63) is 71.0 Å². The third-order valence-corrected chi connectivity index (χ3v) is 3.90. The minimum atomic E-state index is -0.316. The minimum Gasteiger partial charge on any atom is -0.293 e. The van der Waals surface area contributed by atoms with Crippen molar-refractivity contribution in [3.63, 3.8) is 0 Å². The fourth-order valence-electron chi connectivity index (χ4n) is 1.74. The van der Waals surface area contributed by atoms with E-state index in [4.69, 9.17) is 0 Å². The molecule has 19 heavy (non-hydrogen) atoms. The van der Waals surface area contributed by atoms with Crippen LogP contribution in [0.2, 0.25) is 0 Å². The molecule has 2 aromatic rings. The van der Waals surface area contributed by atoms with Crippen LogP contribution in [-0.4, -0.2) is 11.5 Å². The van der Waals surface area contributed by atoms with Gasteiger partial charge in [-0.3, -0.25) is 4.79 Å². The van der Waals surface area contributed by atoms with Gasteiger partial charge in [-0.15, -0.1) is 11.8 Å². The summed E-state index contributed by atoms with van der Waals surface area (Å²) in [5.74, 6) is 0.960. The lowest BCUT2D eigenvalue weighted by molar-refractivity contribution is 0.102. The normalized spacial score (nSPS) is 10.4. The molecule has 2 rings (SSSR count). The van der Waals surface area contributed by atoms with Gasteiger partial charge >= 0.3 is 0 Å². The average Bonchev–Trinajstić information content (AvgIpc) is 2.41. The SMILES string of the molecule is Cc1ccccc1CSCC(=O)c1ccc(F)cc1. The fourth-order valence-corrected chi connectivity index (χ4v) is 2.74. The molecule has 1 nitrogen and oxygen atoms in total. The number of Topliss-reactive ketones (excluding diaryl/α,β-unsaturated/α-hetero) is 1. The molecule has 0 radical (unpaired) electrons. The standard InChI is InChI=1S/C16H15FOS/c1-12-4-2-3-5-14(12)10-19-11-16(18)13-6-8-15(17)9-7-13/h2-9H,10-11H2,1H3. The van der Waals surface area contributed by atoms with Gasteiger partial charge in [-0.2, -0.15) is 0 Å². The van der Waals surface area contributed by atoms with Gasteiger partial charge < -0.3 is 0 Å². The summed E-state index contributed by atoms with van der Waals surface area (Å²) >= 11 is 1.58. The van der Waals surface area contributed by atoms with E-state index in [1.807, 2.05) is 12.1 Å². The van der Waals surface area contributed by atoms with Crippen LogP contribution >= 0.6 is 11.8 Å². The Balaban J connectivity index is 1.88. The van der Waals surface area contributed by atoms with Gasteiger partial charge in [0, 0.05) is 11.3 Å². The first-order chi connectivity index (χ1) is 9.16. The number of aryl methyl sites for hydroxylation is 1. The van der Waals surface area contributed by atoms with Crippen molar-refractivity contribution in [2.45, 2.75) is 12.7 Å². The third kappa shape index (κ3) is 3.93. The van der Waals surface area contributed by atoms with E-state index in [0.29, 0.717) is 11.3 Å². The highest BCUT2D eigenvalue weighted by Crippen LogP contribution is 2.17. The van der Waals surface area contributed by atoms with E-state index in [1.54, 1.807) is 11.8 Å². The zero-order valence-electron chi connectivity index (χ0n) is 10.7. The molecule has 0 N–H and O–H groups in total. The predicted octanol–water partition coefficient (Wildman–Crippen LogP) is 4.25. The number of thioether (sulfide) groups is 1. The van der Waals surface area contributed by atoms with E-state index in [-0.39, 0.29) is 11.6 Å². The van der Waals surface area contributed by atoms with Gasteiger partial charge in [0.15, 0.2) is 5.78 Å². The minimum absolute atomic E-state index is 0.0404. The molecule has 0 fully saturated rings. The smallest absolute Gasteiger partial charge is 0.172 e. The Bertz CT molecular complexity index is 563. The molecule has 0 aromatic heterocycles. The Morgan fingerprint density at radius 3 is 2.47 bits per heavy atom. The molecule has 0 spiro atoms. The quantitative estimate of drug-likeness (QED) is 0.758. The average molecular weight is 274 g/mol. The van der Waals surface area contributed by atoms with Crippen LogP contribution in [0.5, 0.6) is 0 Å². The monoisotopic (exact) mass is 274 g/mol. The Hall–Kier alpha value is -1.61. The van der Waals surface area contributed by atoms with E-state index in [2.05, 4.69) is 19.1 Å². The Kier molecular flexibility index (Phi) is 4.74. The number of hydrogen-bond acceptors (Lipinski definition) is 2. The van der Waals surface area contributed by atoms with Crippen LogP contribution in [0.4, 0.5) is 4.39 Å². The van der Waals surface area contributed by atoms with E-state index in [0.717, 1.165) is 5.75 Å². The summed E-state index contributed by atoms with van der Waals surface area (Å²) in [6, 6.07) is 13.9. The van der Waals surface area contributed by atoms with Gasteiger partial charge in [0.2, 0.25) is 0 Å². The van der Waals surface area contributed by atoms with E-state index < -0.39 is 0 Å². The first kappa shape index (κ1) is 13.8. The van der Waals surface area contributed by atoms with Crippen LogP contribution < -0.4 is 0 Å². The lowest BCUT2D eigenvalue weighted by Gasteiger charge is -2.05. The van der Waals surface area contributed by atoms with Crippen LogP contribution in [0.15, 0.2) is 48.5 Å². The first-order valence-electron chi connectivity index (χ1n) is 6.08. The maximum Gasteiger partial charge on any atom is 0.172 e. The van der Waals surface area contributed by atoms with Crippen molar-refractivity contribution >= 4 is 17.5 Å². The fraction of sp³-hybridized carbons (Fsp3) is 0.188. The highest BCUT2D eigenvalue weighted by Gasteiger charge is 2.06. The summed E-state index contributed by atoms with van der Waals surface area (Å²) < 4.78 is 12.8. The van der Waals surface area contributed by atoms with Crippen molar-refractivity contribution < 1.29 is 9.18 Å². The molecule has 0 aliphatic heterocycles. The van der Waals surface area contributed by atoms with Gasteiger partial charge in [-0.25, -0.2) is 4.39 Å². The Morgan fingerprint density at radius 1 is 1.11 bits per heavy atom. The number of carbonyl (C=O) groups excluding carboxylic acids is 1. The van der Waals surface area contributed by atoms with Gasteiger partial charge in [-0.05, 0) is 42.3 Å². The molecular weight excluding hydrogens is 259 g/mol. The highest BCUT2D eigenvalue weighted by atomic mass is 32.2. The van der Waals surface area contributed by atoms with Crippen molar-refractivity contribution in [1.82, 2.24) is 0 Å². The molecule has 2 aromatic carbocycles. The van der Waals surface area contributed by atoms with E-state index in [9.17, 15) is 9.18 Å². The van der Waals surface area contributed by atoms with Gasteiger partial charge in [-0.1, -0.05) is 24.3 Å². The molecule has 0 saturated heterocycles. The number of benzene rings is 2. The number of hydrogen-bond donors (Lipinski definition) is 0. The number of ketones is 1. The Labute approximate surface area is 116 Å². The lowest BCUT2D eigenvalue weighted by Crippen LogP contribution is -2.02. The molecule has 98 valence electrons. The molecule has 3 heteroatoms. The first-order valence-corrected chi connectivity index (χ1v) is 7.23. The maximum absolute atomic E-state index is 12.8. The van der Waals surface area contributed by atoms with Crippen LogP contribution in [0.1, 0.15) is 21.5 Å². The molecule has 0 amide bonds. The molecule has 0 aliphatic rings. The van der Waals surface area contributed by atoms with Crippen molar-refractivity contribution in [2.75, 3.05) is 5.75 Å². The van der Waals surface area contributed by atoms with Crippen LogP contribution in [0.25, 0.3) is 0 Å². The Morgan fingerprint density at radius 2 is 1.79 bits per heavy atom. The van der Waals surface area contributed by atoms with Gasteiger partial charge in [0.25, 0.3) is 0 Å². The van der Waals surface area contributed by atoms with Crippen molar-refractivity contribution in [2.24, 2.45) is 0 Å². The number of rotatable bonds is 5.